The Hall–Kier alpha value is -1.36. The van der Waals surface area contributed by atoms with E-state index >= 15 is 0 Å². The summed E-state index contributed by atoms with van der Waals surface area (Å²) in [6, 6.07) is 0. The fraction of sp³-hybridized carbons (Fsp3) is 0.636. The Balaban J connectivity index is 2.19. The topological polar surface area (TPSA) is 81.0 Å². The molecule has 0 radical (unpaired) electrons. The van der Waals surface area contributed by atoms with Crippen molar-refractivity contribution in [2.24, 2.45) is 5.92 Å². The van der Waals surface area contributed by atoms with E-state index in [9.17, 15) is 4.79 Å². The van der Waals surface area contributed by atoms with Gasteiger partial charge in [-0.2, -0.15) is 0 Å². The molecule has 1 aromatic rings. The van der Waals surface area contributed by atoms with Gasteiger partial charge in [0, 0.05) is 19.6 Å². The number of nitrogens with zero attached hydrogens (tertiary/aromatic N) is 1. The molecule has 3 N–H and O–H groups in total. The zero-order valence-corrected chi connectivity index (χ0v) is 9.45. The van der Waals surface area contributed by atoms with Crippen molar-refractivity contribution in [1.82, 2.24) is 9.97 Å². The molecule has 0 bridgehead atoms. The lowest BCUT2D eigenvalue weighted by Crippen LogP contribution is -2.20. The Morgan fingerprint density at radius 1 is 1.62 bits per heavy atom. The summed E-state index contributed by atoms with van der Waals surface area (Å²) in [5, 5.41) is 0. The number of hydrogen-bond acceptors (Lipinski definition) is 4. The van der Waals surface area contributed by atoms with Crippen molar-refractivity contribution >= 4 is 5.82 Å². The number of anilines is 1. The maximum atomic E-state index is 11.7. The first-order valence-corrected chi connectivity index (χ1v) is 5.66. The SMILES string of the molecule is CCc1c(N)nc(CC2CCOC2)[nH]c1=O. The molecule has 5 heteroatoms. The number of aromatic nitrogens is 2. The van der Waals surface area contributed by atoms with E-state index in [0.717, 1.165) is 26.1 Å². The van der Waals surface area contributed by atoms with Crippen LogP contribution < -0.4 is 11.3 Å². The highest BCUT2D eigenvalue weighted by molar-refractivity contribution is 5.37. The summed E-state index contributed by atoms with van der Waals surface area (Å²) in [7, 11) is 0. The molecule has 16 heavy (non-hydrogen) atoms. The minimum Gasteiger partial charge on any atom is -0.383 e. The van der Waals surface area contributed by atoms with E-state index in [-0.39, 0.29) is 5.56 Å². The Bertz CT molecular complexity index is 422. The van der Waals surface area contributed by atoms with E-state index in [2.05, 4.69) is 9.97 Å². The van der Waals surface area contributed by atoms with Gasteiger partial charge >= 0.3 is 0 Å². The first-order chi connectivity index (χ1) is 7.70. The van der Waals surface area contributed by atoms with E-state index in [1.54, 1.807) is 0 Å². The summed E-state index contributed by atoms with van der Waals surface area (Å²) in [4.78, 5) is 18.7. The van der Waals surface area contributed by atoms with Crippen molar-refractivity contribution in [3.63, 3.8) is 0 Å². The van der Waals surface area contributed by atoms with Crippen LogP contribution >= 0.6 is 0 Å². The van der Waals surface area contributed by atoms with Crippen molar-refractivity contribution < 1.29 is 4.74 Å². The maximum absolute atomic E-state index is 11.7. The highest BCUT2D eigenvalue weighted by Gasteiger charge is 2.18. The van der Waals surface area contributed by atoms with Gasteiger partial charge in [0.1, 0.15) is 11.6 Å². The summed E-state index contributed by atoms with van der Waals surface area (Å²) in [5.74, 6) is 1.49. The van der Waals surface area contributed by atoms with Crippen LogP contribution in [0.15, 0.2) is 4.79 Å². The van der Waals surface area contributed by atoms with E-state index in [4.69, 9.17) is 10.5 Å². The summed E-state index contributed by atoms with van der Waals surface area (Å²) in [6.45, 7) is 3.45. The van der Waals surface area contributed by atoms with E-state index < -0.39 is 0 Å². The third-order valence-corrected chi connectivity index (χ3v) is 2.96. The van der Waals surface area contributed by atoms with Crippen molar-refractivity contribution in [3.05, 3.63) is 21.7 Å². The molecule has 0 aromatic carbocycles. The molecule has 0 amide bonds. The number of hydrogen-bond donors (Lipinski definition) is 2. The van der Waals surface area contributed by atoms with E-state index in [1.165, 1.54) is 0 Å². The predicted octanol–water partition coefficient (Wildman–Crippen LogP) is 0.493. The standard InChI is InChI=1S/C11H17N3O2/c1-2-8-10(12)13-9(14-11(8)15)5-7-3-4-16-6-7/h7H,2-6H2,1H3,(H3,12,13,14,15). The van der Waals surface area contributed by atoms with Crippen LogP contribution in [0, 0.1) is 5.92 Å². The number of aromatic amines is 1. The molecule has 1 aromatic heterocycles. The average molecular weight is 223 g/mol. The van der Waals surface area contributed by atoms with Crippen molar-refractivity contribution in [2.75, 3.05) is 18.9 Å². The highest BCUT2D eigenvalue weighted by atomic mass is 16.5. The van der Waals surface area contributed by atoms with Crippen LogP contribution in [0.4, 0.5) is 5.82 Å². The van der Waals surface area contributed by atoms with E-state index in [1.807, 2.05) is 6.92 Å². The summed E-state index contributed by atoms with van der Waals surface area (Å²) in [6.07, 6.45) is 2.38. The van der Waals surface area contributed by atoms with Crippen LogP contribution in [0.5, 0.6) is 0 Å². The monoisotopic (exact) mass is 223 g/mol. The number of ether oxygens (including phenoxy) is 1. The number of nitrogens with two attached hydrogens (primary N) is 1. The van der Waals surface area contributed by atoms with Gasteiger partial charge in [-0.25, -0.2) is 4.98 Å². The largest absolute Gasteiger partial charge is 0.383 e. The van der Waals surface area contributed by atoms with Gasteiger partial charge in [0.2, 0.25) is 0 Å². The number of nitrogens with one attached hydrogen (secondary N) is 1. The van der Waals surface area contributed by atoms with Gasteiger partial charge in [-0.05, 0) is 18.8 Å². The summed E-state index contributed by atoms with van der Waals surface area (Å²) in [5.41, 5.74) is 6.21. The van der Waals surface area contributed by atoms with Gasteiger partial charge in [0.25, 0.3) is 5.56 Å². The second-order valence-corrected chi connectivity index (χ2v) is 4.16. The molecule has 1 saturated heterocycles. The molecule has 0 spiro atoms. The van der Waals surface area contributed by atoms with Gasteiger partial charge in [0.15, 0.2) is 0 Å². The quantitative estimate of drug-likeness (QED) is 0.781. The van der Waals surface area contributed by atoms with Crippen LogP contribution in [-0.4, -0.2) is 23.2 Å². The van der Waals surface area contributed by atoms with Gasteiger partial charge in [-0.1, -0.05) is 6.92 Å². The molecular weight excluding hydrogens is 206 g/mol. The molecule has 1 aliphatic rings. The molecule has 1 atom stereocenters. The molecule has 1 unspecified atom stereocenters. The first kappa shape index (κ1) is 11.1. The maximum Gasteiger partial charge on any atom is 0.256 e. The zero-order valence-electron chi connectivity index (χ0n) is 9.45. The molecule has 2 rings (SSSR count). The Labute approximate surface area is 94.0 Å². The fourth-order valence-corrected chi connectivity index (χ4v) is 2.02. The van der Waals surface area contributed by atoms with Gasteiger partial charge in [0.05, 0.1) is 5.56 Å². The van der Waals surface area contributed by atoms with Crippen molar-refractivity contribution in [3.8, 4) is 0 Å². The Morgan fingerprint density at radius 2 is 2.44 bits per heavy atom. The van der Waals surface area contributed by atoms with Gasteiger partial charge in [-0.3, -0.25) is 4.79 Å². The van der Waals surface area contributed by atoms with Crippen molar-refractivity contribution in [1.29, 1.82) is 0 Å². The lowest BCUT2D eigenvalue weighted by atomic mass is 10.0. The van der Waals surface area contributed by atoms with Gasteiger partial charge < -0.3 is 15.5 Å². The second kappa shape index (κ2) is 4.65. The third-order valence-electron chi connectivity index (χ3n) is 2.96. The zero-order chi connectivity index (χ0) is 11.5. The first-order valence-electron chi connectivity index (χ1n) is 5.66. The number of rotatable bonds is 3. The Kier molecular flexibility index (Phi) is 3.24. The molecule has 2 heterocycles. The molecule has 1 fully saturated rings. The van der Waals surface area contributed by atoms with Crippen LogP contribution in [0.1, 0.15) is 24.7 Å². The second-order valence-electron chi connectivity index (χ2n) is 4.16. The smallest absolute Gasteiger partial charge is 0.256 e. The van der Waals surface area contributed by atoms with Crippen LogP contribution in [0.25, 0.3) is 0 Å². The highest BCUT2D eigenvalue weighted by Crippen LogP contribution is 2.16. The third kappa shape index (κ3) is 2.24. The van der Waals surface area contributed by atoms with Crippen LogP contribution in [0.3, 0.4) is 0 Å². The molecule has 0 aliphatic carbocycles. The van der Waals surface area contributed by atoms with Gasteiger partial charge in [-0.15, -0.1) is 0 Å². The average Bonchev–Trinajstić information content (AvgIpc) is 2.70. The van der Waals surface area contributed by atoms with E-state index in [0.29, 0.717) is 29.5 Å². The van der Waals surface area contributed by atoms with Crippen molar-refractivity contribution in [2.45, 2.75) is 26.2 Å². The molecule has 88 valence electrons. The molecule has 1 aliphatic heterocycles. The minimum atomic E-state index is -0.107. The molecule has 0 saturated carbocycles. The van der Waals surface area contributed by atoms with Crippen LogP contribution in [-0.2, 0) is 17.6 Å². The lowest BCUT2D eigenvalue weighted by Gasteiger charge is -2.08. The fourth-order valence-electron chi connectivity index (χ4n) is 2.02. The lowest BCUT2D eigenvalue weighted by molar-refractivity contribution is 0.185. The number of nitrogen functional groups attached to an aromatic ring is 1. The minimum absolute atomic E-state index is 0.107. The molecule has 5 nitrogen and oxygen atoms in total. The predicted molar refractivity (Wildman–Crippen MR) is 61.3 cm³/mol. The molecular formula is C11H17N3O2. The summed E-state index contributed by atoms with van der Waals surface area (Å²) >= 11 is 0. The normalized spacial score (nSPS) is 20.2. The number of H-pyrrole nitrogens is 1. The Morgan fingerprint density at radius 3 is 3.00 bits per heavy atom. The van der Waals surface area contributed by atoms with Crippen LogP contribution in [0.2, 0.25) is 0 Å². The summed E-state index contributed by atoms with van der Waals surface area (Å²) < 4.78 is 5.28.